The van der Waals surface area contributed by atoms with Crippen LogP contribution in [-0.2, 0) is 10.1 Å². The molecule has 0 spiro atoms. The van der Waals surface area contributed by atoms with E-state index in [0.717, 1.165) is 12.8 Å². The lowest BCUT2D eigenvalue weighted by Crippen LogP contribution is -2.04. The van der Waals surface area contributed by atoms with Gasteiger partial charge in [0.2, 0.25) is 0 Å². The van der Waals surface area contributed by atoms with Gasteiger partial charge in [0, 0.05) is 0 Å². The van der Waals surface area contributed by atoms with E-state index in [1.165, 1.54) is 89.9 Å². The first-order valence-corrected chi connectivity index (χ1v) is 13.0. The van der Waals surface area contributed by atoms with Crippen molar-refractivity contribution in [1.82, 2.24) is 6.15 Å². The molecule has 0 bridgehead atoms. The fourth-order valence-corrected chi connectivity index (χ4v) is 4.39. The quantitative estimate of drug-likeness (QED) is 0.128. The molecule has 0 amide bonds. The van der Waals surface area contributed by atoms with Crippen molar-refractivity contribution < 1.29 is 13.0 Å². The van der Waals surface area contributed by atoms with Gasteiger partial charge in [-0.05, 0) is 26.7 Å². The van der Waals surface area contributed by atoms with Crippen LogP contribution in [-0.4, -0.2) is 13.0 Å². The maximum absolute atomic E-state index is 11.3. The molecule has 0 aliphatic rings. The SMILES string of the molecule is C=C.CCCCCCCCCCCCCCCCCCC(=C(C)C)S(=O)(=O)O.N. The highest BCUT2D eigenvalue weighted by Gasteiger charge is 2.14. The summed E-state index contributed by atoms with van der Waals surface area (Å²) in [5, 5.41) is 0. The zero-order valence-corrected chi connectivity index (χ0v) is 20.6. The molecule has 0 saturated heterocycles. The molecule has 5 heteroatoms. The van der Waals surface area contributed by atoms with Crippen molar-refractivity contribution in [3.63, 3.8) is 0 Å². The van der Waals surface area contributed by atoms with Crippen LogP contribution in [0.1, 0.15) is 130 Å². The molecule has 0 aromatic rings. The molecule has 0 radical (unpaired) electrons. The first-order chi connectivity index (χ1) is 13.4. The lowest BCUT2D eigenvalue weighted by molar-refractivity contribution is 0.486. The third kappa shape index (κ3) is 23.5. The van der Waals surface area contributed by atoms with Crippen molar-refractivity contribution in [2.45, 2.75) is 130 Å². The van der Waals surface area contributed by atoms with Crippen molar-refractivity contribution in [3.05, 3.63) is 23.6 Å². The second-order valence-corrected chi connectivity index (χ2v) is 9.39. The summed E-state index contributed by atoms with van der Waals surface area (Å²) in [5.41, 5.74) is 0.702. The van der Waals surface area contributed by atoms with Gasteiger partial charge < -0.3 is 6.15 Å². The molecule has 29 heavy (non-hydrogen) atoms. The predicted molar refractivity (Wildman–Crippen MR) is 130 cm³/mol. The van der Waals surface area contributed by atoms with E-state index in [-0.39, 0.29) is 11.1 Å². The summed E-state index contributed by atoms with van der Waals surface area (Å²) < 4.78 is 31.7. The molecule has 176 valence electrons. The van der Waals surface area contributed by atoms with Crippen LogP contribution in [0.4, 0.5) is 0 Å². The molecule has 0 aliphatic carbocycles. The summed E-state index contributed by atoms with van der Waals surface area (Å²) in [6.07, 6.45) is 21.4. The van der Waals surface area contributed by atoms with Crippen LogP contribution in [0.5, 0.6) is 0 Å². The molecule has 0 rings (SSSR count). The highest BCUT2D eigenvalue weighted by molar-refractivity contribution is 7.89. The van der Waals surface area contributed by atoms with Gasteiger partial charge in [0.1, 0.15) is 0 Å². The fourth-order valence-electron chi connectivity index (χ4n) is 3.47. The molecule has 4 nitrogen and oxygen atoms in total. The standard InChI is InChI=1S/C22H44O3S.C2H4.H3N/c1-4-5-6-7-8-9-10-11-12-13-14-15-16-17-18-19-20-22(21(2)3)26(23,24)25;1-2;/h4-20H2,1-3H3,(H,23,24,25);1-2H2;1H3. The van der Waals surface area contributed by atoms with E-state index in [4.69, 9.17) is 0 Å². The zero-order valence-electron chi connectivity index (χ0n) is 19.8. The number of rotatable bonds is 18. The predicted octanol–water partition coefficient (Wildman–Crippen LogP) is 8.78. The van der Waals surface area contributed by atoms with Crippen LogP contribution in [0.3, 0.4) is 0 Å². The topological polar surface area (TPSA) is 89.4 Å². The first kappa shape index (κ1) is 33.0. The summed E-state index contributed by atoms with van der Waals surface area (Å²) in [5.74, 6) is 0. The van der Waals surface area contributed by atoms with Crippen molar-refractivity contribution in [2.24, 2.45) is 0 Å². The van der Waals surface area contributed by atoms with Gasteiger partial charge in [0.15, 0.2) is 0 Å². The Labute approximate surface area is 183 Å². The van der Waals surface area contributed by atoms with Gasteiger partial charge in [-0.2, -0.15) is 8.42 Å². The third-order valence-corrected chi connectivity index (χ3v) is 6.36. The van der Waals surface area contributed by atoms with Gasteiger partial charge in [-0.25, -0.2) is 0 Å². The number of unbranched alkanes of at least 4 members (excludes halogenated alkanes) is 15. The van der Waals surface area contributed by atoms with Crippen molar-refractivity contribution >= 4 is 10.1 Å². The van der Waals surface area contributed by atoms with Crippen LogP contribution in [0.2, 0.25) is 0 Å². The van der Waals surface area contributed by atoms with Crippen molar-refractivity contribution in [2.75, 3.05) is 0 Å². The van der Waals surface area contributed by atoms with Gasteiger partial charge in [0.25, 0.3) is 10.1 Å². The molecule has 0 aromatic carbocycles. The normalized spacial score (nSPS) is 10.6. The summed E-state index contributed by atoms with van der Waals surface area (Å²) in [7, 11) is -4.01. The zero-order chi connectivity index (χ0) is 21.7. The van der Waals surface area contributed by atoms with Crippen LogP contribution < -0.4 is 6.15 Å². The average molecular weight is 434 g/mol. The van der Waals surface area contributed by atoms with Crippen LogP contribution in [0.25, 0.3) is 0 Å². The average Bonchev–Trinajstić information content (AvgIpc) is 2.64. The summed E-state index contributed by atoms with van der Waals surface area (Å²) >= 11 is 0. The molecule has 4 N–H and O–H groups in total. The van der Waals surface area contributed by atoms with E-state index >= 15 is 0 Å². The van der Waals surface area contributed by atoms with Gasteiger partial charge in [0.05, 0.1) is 4.91 Å². The fraction of sp³-hybridized carbons (Fsp3) is 0.833. The minimum Gasteiger partial charge on any atom is -0.344 e. The molecule has 0 aromatic heterocycles. The lowest BCUT2D eigenvalue weighted by atomic mass is 10.0. The Hall–Kier alpha value is -0.650. The van der Waals surface area contributed by atoms with Crippen molar-refractivity contribution in [3.8, 4) is 0 Å². The molecular weight excluding hydrogens is 382 g/mol. The summed E-state index contributed by atoms with van der Waals surface area (Å²) in [6.45, 7) is 11.8. The Morgan fingerprint density at radius 3 is 1.17 bits per heavy atom. The second-order valence-electron chi connectivity index (χ2n) is 7.95. The van der Waals surface area contributed by atoms with Crippen molar-refractivity contribution in [1.29, 1.82) is 0 Å². The highest BCUT2D eigenvalue weighted by atomic mass is 32.2. The molecule has 0 atom stereocenters. The maximum atomic E-state index is 11.3. The second kappa shape index (κ2) is 23.6. The van der Waals surface area contributed by atoms with Gasteiger partial charge >= 0.3 is 0 Å². The Bertz CT molecular complexity index is 469. The monoisotopic (exact) mass is 433 g/mol. The number of allylic oxidation sites excluding steroid dienone is 2. The Balaban J connectivity index is -0.00000218. The van der Waals surface area contributed by atoms with E-state index in [9.17, 15) is 13.0 Å². The molecule has 0 saturated carbocycles. The molecule has 0 aliphatic heterocycles. The minimum atomic E-state index is -4.01. The van der Waals surface area contributed by atoms with E-state index in [1.54, 1.807) is 13.8 Å². The Morgan fingerprint density at radius 1 is 0.655 bits per heavy atom. The molecule has 0 unspecified atom stereocenters. The van der Waals surface area contributed by atoms with Gasteiger partial charge in [-0.3, -0.25) is 4.55 Å². The smallest absolute Gasteiger partial charge is 0.290 e. The maximum Gasteiger partial charge on any atom is 0.290 e. The largest absolute Gasteiger partial charge is 0.344 e. The van der Waals surface area contributed by atoms with Crippen LogP contribution in [0.15, 0.2) is 23.6 Å². The molecule has 0 heterocycles. The Kier molecular flexibility index (Phi) is 26.9. The van der Waals surface area contributed by atoms with E-state index in [2.05, 4.69) is 20.1 Å². The number of hydrogen-bond donors (Lipinski definition) is 2. The van der Waals surface area contributed by atoms with E-state index in [1.807, 2.05) is 0 Å². The number of hydrogen-bond acceptors (Lipinski definition) is 3. The lowest BCUT2D eigenvalue weighted by Gasteiger charge is -2.07. The summed E-state index contributed by atoms with van der Waals surface area (Å²) in [6, 6.07) is 0. The molecular formula is C24H51NO3S. The van der Waals surface area contributed by atoms with Crippen LogP contribution >= 0.6 is 0 Å². The first-order valence-electron chi connectivity index (χ1n) is 11.5. The van der Waals surface area contributed by atoms with Gasteiger partial charge in [-0.1, -0.05) is 109 Å². The minimum absolute atomic E-state index is 0. The summed E-state index contributed by atoms with van der Waals surface area (Å²) in [4.78, 5) is 0.211. The van der Waals surface area contributed by atoms with E-state index < -0.39 is 10.1 Å². The Morgan fingerprint density at radius 2 is 0.931 bits per heavy atom. The van der Waals surface area contributed by atoms with Gasteiger partial charge in [-0.15, -0.1) is 13.2 Å². The van der Waals surface area contributed by atoms with Crippen LogP contribution in [0, 0.1) is 0 Å². The highest BCUT2D eigenvalue weighted by Crippen LogP contribution is 2.19. The van der Waals surface area contributed by atoms with E-state index in [0.29, 0.717) is 12.0 Å². The third-order valence-electron chi connectivity index (χ3n) is 5.13. The molecule has 0 fully saturated rings.